The summed E-state index contributed by atoms with van der Waals surface area (Å²) >= 11 is 0. The number of hydrogen-bond donors (Lipinski definition) is 2. The lowest BCUT2D eigenvalue weighted by Crippen LogP contribution is -2.23. The van der Waals surface area contributed by atoms with Gasteiger partial charge in [0.1, 0.15) is 17.1 Å². The lowest BCUT2D eigenvalue weighted by molar-refractivity contribution is -0.145. The molecule has 3 rings (SSSR count). The number of carbonyl (C=O) groups is 2. The van der Waals surface area contributed by atoms with Gasteiger partial charge in [-0.1, -0.05) is 0 Å². The van der Waals surface area contributed by atoms with Gasteiger partial charge in [-0.05, 0) is 42.5 Å². The van der Waals surface area contributed by atoms with Crippen molar-refractivity contribution in [3.8, 4) is 11.5 Å². The molecule has 1 heterocycles. The zero-order valence-electron chi connectivity index (χ0n) is 14.7. The Kier molecular flexibility index (Phi) is 5.41. The molecule has 1 aliphatic rings. The number of cyclic esters (lactones) is 1. The van der Waals surface area contributed by atoms with Crippen molar-refractivity contribution < 1.29 is 37.3 Å². The van der Waals surface area contributed by atoms with E-state index in [1.54, 1.807) is 12.1 Å². The zero-order chi connectivity index (χ0) is 20.3. The summed E-state index contributed by atoms with van der Waals surface area (Å²) in [5.74, 6) is -1.62. The molecular weight excluding hydrogens is 390 g/mol. The Labute approximate surface area is 160 Å². The van der Waals surface area contributed by atoms with Crippen molar-refractivity contribution in [1.29, 1.82) is 0 Å². The van der Waals surface area contributed by atoms with E-state index in [2.05, 4.69) is 4.72 Å². The van der Waals surface area contributed by atoms with E-state index in [4.69, 9.17) is 14.2 Å². The van der Waals surface area contributed by atoms with E-state index in [-0.39, 0.29) is 29.2 Å². The number of carbonyl (C=O) groups excluding carboxylic acids is 2. The smallest absolute Gasteiger partial charge is 0.347 e. The first-order chi connectivity index (χ1) is 13.3. The fourth-order valence-electron chi connectivity index (χ4n) is 2.50. The van der Waals surface area contributed by atoms with Crippen LogP contribution >= 0.6 is 0 Å². The molecule has 10 heteroatoms. The average molecular weight is 407 g/mol. The lowest BCUT2D eigenvalue weighted by atomic mass is 10.2. The highest BCUT2D eigenvalue weighted by Gasteiger charge is 2.31. The number of anilines is 1. The first kappa shape index (κ1) is 19.5. The first-order valence-electron chi connectivity index (χ1n) is 8.17. The first-order valence-corrected chi connectivity index (χ1v) is 9.66. The maximum Gasteiger partial charge on any atom is 0.347 e. The van der Waals surface area contributed by atoms with Crippen LogP contribution in [0.4, 0.5) is 5.69 Å². The molecule has 0 aliphatic carbocycles. The topological polar surface area (TPSA) is 128 Å². The van der Waals surface area contributed by atoms with Gasteiger partial charge >= 0.3 is 11.9 Å². The minimum atomic E-state index is -4.05. The molecule has 28 heavy (non-hydrogen) atoms. The van der Waals surface area contributed by atoms with Gasteiger partial charge in [-0.25, -0.2) is 18.0 Å². The molecule has 0 spiro atoms. The molecule has 0 aromatic heterocycles. The number of aromatic hydroxyl groups is 1. The summed E-state index contributed by atoms with van der Waals surface area (Å²) in [5.41, 5.74) is -0.0935. The number of nitrogens with one attached hydrogen (secondary N) is 1. The standard InChI is InChI=1S/C18H17NO8S/c1-25-12-4-2-11(3-5-12)19-28(23,24)13-6-7-15(20)14(10-13)17(21)27-16-8-9-26-18(16)22/h2-7,10,16,19-20H,8-9H2,1H3. The Bertz CT molecular complexity index is 1000. The predicted molar refractivity (Wildman–Crippen MR) is 96.7 cm³/mol. The second kappa shape index (κ2) is 7.77. The normalized spacial score (nSPS) is 16.3. The van der Waals surface area contributed by atoms with Gasteiger partial charge in [-0.3, -0.25) is 4.72 Å². The van der Waals surface area contributed by atoms with Crippen molar-refractivity contribution in [3.63, 3.8) is 0 Å². The summed E-state index contributed by atoms with van der Waals surface area (Å²) in [7, 11) is -2.56. The molecule has 1 saturated heterocycles. The quantitative estimate of drug-likeness (QED) is 0.692. The Morgan fingerprint density at radius 2 is 1.93 bits per heavy atom. The van der Waals surface area contributed by atoms with Crippen LogP contribution in [0.2, 0.25) is 0 Å². The van der Waals surface area contributed by atoms with Gasteiger partial charge in [-0.2, -0.15) is 0 Å². The number of phenols is 1. The molecule has 1 unspecified atom stereocenters. The van der Waals surface area contributed by atoms with Crippen LogP contribution in [0, 0.1) is 0 Å². The molecule has 0 amide bonds. The molecule has 9 nitrogen and oxygen atoms in total. The number of benzene rings is 2. The Balaban J connectivity index is 1.82. The number of esters is 2. The van der Waals surface area contributed by atoms with Gasteiger partial charge in [0.25, 0.3) is 10.0 Å². The summed E-state index contributed by atoms with van der Waals surface area (Å²) in [5, 5.41) is 9.91. The number of phenolic OH excluding ortho intramolecular Hbond substituents is 1. The van der Waals surface area contributed by atoms with E-state index in [9.17, 15) is 23.1 Å². The number of hydrogen-bond acceptors (Lipinski definition) is 8. The highest BCUT2D eigenvalue weighted by Crippen LogP contribution is 2.25. The van der Waals surface area contributed by atoms with Gasteiger partial charge in [0, 0.05) is 12.1 Å². The molecule has 0 bridgehead atoms. The third-order valence-electron chi connectivity index (χ3n) is 3.98. The molecule has 2 N–H and O–H groups in total. The van der Waals surface area contributed by atoms with Crippen LogP contribution in [0.25, 0.3) is 0 Å². The third-order valence-corrected chi connectivity index (χ3v) is 5.36. The van der Waals surface area contributed by atoms with Crippen molar-refractivity contribution in [3.05, 3.63) is 48.0 Å². The average Bonchev–Trinajstić information content (AvgIpc) is 3.06. The van der Waals surface area contributed by atoms with Crippen LogP contribution in [0.15, 0.2) is 47.4 Å². The van der Waals surface area contributed by atoms with Crippen LogP contribution in [-0.2, 0) is 24.3 Å². The van der Waals surface area contributed by atoms with Crippen LogP contribution in [0.5, 0.6) is 11.5 Å². The molecule has 2 aromatic rings. The van der Waals surface area contributed by atoms with E-state index < -0.39 is 33.8 Å². The molecule has 148 valence electrons. The molecule has 2 aromatic carbocycles. The highest BCUT2D eigenvalue weighted by molar-refractivity contribution is 7.92. The fraction of sp³-hybridized carbons (Fsp3) is 0.222. The van der Waals surface area contributed by atoms with Gasteiger partial charge in [-0.15, -0.1) is 0 Å². The van der Waals surface area contributed by atoms with Crippen molar-refractivity contribution in [2.45, 2.75) is 17.4 Å². The summed E-state index contributed by atoms with van der Waals surface area (Å²) < 4.78 is 42.2. The maximum atomic E-state index is 12.6. The van der Waals surface area contributed by atoms with Crippen molar-refractivity contribution in [2.24, 2.45) is 0 Å². The van der Waals surface area contributed by atoms with E-state index in [0.717, 1.165) is 18.2 Å². The van der Waals surface area contributed by atoms with Gasteiger partial charge in [0.05, 0.1) is 18.6 Å². The fourth-order valence-corrected chi connectivity index (χ4v) is 3.58. The molecule has 0 radical (unpaired) electrons. The van der Waals surface area contributed by atoms with E-state index in [1.807, 2.05) is 0 Å². The summed E-state index contributed by atoms with van der Waals surface area (Å²) in [6.07, 6.45) is -0.882. The zero-order valence-corrected chi connectivity index (χ0v) is 15.6. The summed E-state index contributed by atoms with van der Waals surface area (Å²) in [6.45, 7) is 0.128. The number of methoxy groups -OCH3 is 1. The second-order valence-electron chi connectivity index (χ2n) is 5.86. The summed E-state index contributed by atoms with van der Waals surface area (Å²) in [6, 6.07) is 9.36. The van der Waals surface area contributed by atoms with Crippen molar-refractivity contribution >= 4 is 27.6 Å². The molecule has 0 saturated carbocycles. The van der Waals surface area contributed by atoms with Crippen LogP contribution in [0.3, 0.4) is 0 Å². The summed E-state index contributed by atoms with van der Waals surface area (Å²) in [4.78, 5) is 23.4. The lowest BCUT2D eigenvalue weighted by Gasteiger charge is -2.12. The Morgan fingerprint density at radius 3 is 2.54 bits per heavy atom. The molecular formula is C18H17NO8S. The van der Waals surface area contributed by atoms with Crippen molar-refractivity contribution in [2.75, 3.05) is 18.4 Å². The minimum Gasteiger partial charge on any atom is -0.507 e. The van der Waals surface area contributed by atoms with Crippen LogP contribution in [-0.4, -0.2) is 45.3 Å². The molecule has 1 fully saturated rings. The van der Waals surface area contributed by atoms with E-state index in [1.165, 1.54) is 19.2 Å². The molecule has 1 atom stereocenters. The minimum absolute atomic E-state index is 0.128. The van der Waals surface area contributed by atoms with Gasteiger partial charge in [0.2, 0.25) is 6.10 Å². The molecule has 1 aliphatic heterocycles. The Hall–Kier alpha value is -3.27. The Morgan fingerprint density at radius 1 is 1.21 bits per heavy atom. The van der Waals surface area contributed by atoms with Gasteiger partial charge in [0.15, 0.2) is 0 Å². The SMILES string of the molecule is COc1ccc(NS(=O)(=O)c2ccc(O)c(C(=O)OC3CCOC3=O)c2)cc1. The monoisotopic (exact) mass is 407 g/mol. The van der Waals surface area contributed by atoms with Crippen molar-refractivity contribution in [1.82, 2.24) is 0 Å². The maximum absolute atomic E-state index is 12.6. The highest BCUT2D eigenvalue weighted by atomic mass is 32.2. The number of sulfonamides is 1. The predicted octanol–water partition coefficient (Wildman–Crippen LogP) is 1.67. The number of rotatable bonds is 6. The van der Waals surface area contributed by atoms with Crippen LogP contribution < -0.4 is 9.46 Å². The third kappa shape index (κ3) is 4.17. The second-order valence-corrected chi connectivity index (χ2v) is 7.55. The van der Waals surface area contributed by atoms with E-state index >= 15 is 0 Å². The van der Waals surface area contributed by atoms with Gasteiger partial charge < -0.3 is 19.3 Å². The van der Waals surface area contributed by atoms with E-state index in [0.29, 0.717) is 5.75 Å². The number of ether oxygens (including phenoxy) is 3. The largest absolute Gasteiger partial charge is 0.507 e. The van der Waals surface area contributed by atoms with Crippen LogP contribution in [0.1, 0.15) is 16.8 Å².